The molecule has 0 spiro atoms. The second-order valence-corrected chi connectivity index (χ2v) is 4.92. The standard InChI is InChI=1S/C16H17NO4/c1-10(2)21-16(19)12-7-6-11(3)13(9-12)17-15(18)14-5-4-8-20-14/h4-10H,1-3H3,(H,17,18). The lowest BCUT2D eigenvalue weighted by atomic mass is 10.1. The van der Waals surface area contributed by atoms with Gasteiger partial charge in [-0.25, -0.2) is 4.79 Å². The maximum Gasteiger partial charge on any atom is 0.338 e. The summed E-state index contributed by atoms with van der Waals surface area (Å²) in [4.78, 5) is 23.8. The van der Waals surface area contributed by atoms with Gasteiger partial charge in [-0.1, -0.05) is 6.07 Å². The minimum Gasteiger partial charge on any atom is -0.459 e. The number of rotatable bonds is 4. The number of hydrogen-bond acceptors (Lipinski definition) is 4. The van der Waals surface area contributed by atoms with Crippen molar-refractivity contribution >= 4 is 17.6 Å². The SMILES string of the molecule is Cc1ccc(C(=O)OC(C)C)cc1NC(=O)c1ccco1. The molecule has 0 bridgehead atoms. The molecule has 0 aliphatic rings. The molecule has 0 aliphatic heterocycles. The van der Waals surface area contributed by atoms with Crippen molar-refractivity contribution in [2.24, 2.45) is 0 Å². The Hall–Kier alpha value is -2.56. The number of carbonyl (C=O) groups excluding carboxylic acids is 2. The number of carbonyl (C=O) groups is 2. The molecule has 1 heterocycles. The fraction of sp³-hybridized carbons (Fsp3) is 0.250. The summed E-state index contributed by atoms with van der Waals surface area (Å²) in [5.74, 6) is -0.569. The first-order valence-electron chi connectivity index (χ1n) is 6.64. The lowest BCUT2D eigenvalue weighted by molar-refractivity contribution is 0.0378. The molecule has 2 aromatic rings. The third kappa shape index (κ3) is 3.72. The quantitative estimate of drug-likeness (QED) is 0.875. The highest BCUT2D eigenvalue weighted by Crippen LogP contribution is 2.19. The van der Waals surface area contributed by atoms with Gasteiger partial charge in [-0.3, -0.25) is 4.79 Å². The Labute approximate surface area is 122 Å². The first kappa shape index (κ1) is 14.8. The van der Waals surface area contributed by atoms with Gasteiger partial charge < -0.3 is 14.5 Å². The van der Waals surface area contributed by atoms with Crippen LogP contribution in [0, 0.1) is 6.92 Å². The summed E-state index contributed by atoms with van der Waals surface area (Å²) in [6.07, 6.45) is 1.23. The second kappa shape index (κ2) is 6.26. The molecule has 5 nitrogen and oxygen atoms in total. The minimum atomic E-state index is -0.418. The third-order valence-electron chi connectivity index (χ3n) is 2.81. The predicted octanol–water partition coefficient (Wildman–Crippen LogP) is 3.41. The van der Waals surface area contributed by atoms with Gasteiger partial charge in [0.1, 0.15) is 0 Å². The minimum absolute atomic E-state index is 0.194. The zero-order valence-electron chi connectivity index (χ0n) is 12.2. The van der Waals surface area contributed by atoms with Crippen molar-refractivity contribution in [3.05, 3.63) is 53.5 Å². The fourth-order valence-corrected chi connectivity index (χ4v) is 1.76. The average Bonchev–Trinajstić information content (AvgIpc) is 2.94. The van der Waals surface area contributed by atoms with Gasteiger partial charge in [-0.15, -0.1) is 0 Å². The summed E-state index contributed by atoms with van der Waals surface area (Å²) >= 11 is 0. The molecule has 1 aromatic heterocycles. The van der Waals surface area contributed by atoms with Crippen molar-refractivity contribution in [1.29, 1.82) is 0 Å². The number of hydrogen-bond donors (Lipinski definition) is 1. The summed E-state index contributed by atoms with van der Waals surface area (Å²) in [5.41, 5.74) is 1.79. The van der Waals surface area contributed by atoms with Crippen molar-refractivity contribution in [1.82, 2.24) is 0 Å². The van der Waals surface area contributed by atoms with E-state index in [1.807, 2.05) is 6.92 Å². The first-order valence-corrected chi connectivity index (χ1v) is 6.64. The van der Waals surface area contributed by atoms with Crippen molar-refractivity contribution in [3.8, 4) is 0 Å². The van der Waals surface area contributed by atoms with Crippen LogP contribution in [0.4, 0.5) is 5.69 Å². The van der Waals surface area contributed by atoms with E-state index in [1.165, 1.54) is 6.26 Å². The second-order valence-electron chi connectivity index (χ2n) is 4.92. The summed E-state index contributed by atoms with van der Waals surface area (Å²) in [6.45, 7) is 5.41. The van der Waals surface area contributed by atoms with Gasteiger partial charge in [0.05, 0.1) is 17.9 Å². The number of aryl methyl sites for hydroxylation is 1. The molecule has 0 radical (unpaired) electrons. The van der Waals surface area contributed by atoms with Gasteiger partial charge in [0.15, 0.2) is 5.76 Å². The average molecular weight is 287 g/mol. The van der Waals surface area contributed by atoms with Crippen molar-refractivity contribution in [3.63, 3.8) is 0 Å². The molecule has 1 amide bonds. The molecule has 0 fully saturated rings. The van der Waals surface area contributed by atoms with Gasteiger partial charge in [0.25, 0.3) is 5.91 Å². The van der Waals surface area contributed by atoms with Crippen LogP contribution in [-0.2, 0) is 4.74 Å². The van der Waals surface area contributed by atoms with Crippen molar-refractivity contribution in [2.75, 3.05) is 5.32 Å². The zero-order valence-corrected chi connectivity index (χ0v) is 12.2. The van der Waals surface area contributed by atoms with Crippen LogP contribution in [0.2, 0.25) is 0 Å². The van der Waals surface area contributed by atoms with E-state index < -0.39 is 5.97 Å². The lowest BCUT2D eigenvalue weighted by Gasteiger charge is -2.11. The highest BCUT2D eigenvalue weighted by Gasteiger charge is 2.14. The largest absolute Gasteiger partial charge is 0.459 e. The van der Waals surface area contributed by atoms with Crippen LogP contribution in [-0.4, -0.2) is 18.0 Å². The predicted molar refractivity (Wildman–Crippen MR) is 78.4 cm³/mol. The van der Waals surface area contributed by atoms with Crippen LogP contribution in [0.3, 0.4) is 0 Å². The Kier molecular flexibility index (Phi) is 4.42. The monoisotopic (exact) mass is 287 g/mol. The van der Waals surface area contributed by atoms with E-state index in [0.717, 1.165) is 5.56 Å². The molecule has 0 saturated carbocycles. The smallest absolute Gasteiger partial charge is 0.338 e. The number of furan rings is 1. The van der Waals surface area contributed by atoms with E-state index in [-0.39, 0.29) is 17.8 Å². The van der Waals surface area contributed by atoms with E-state index in [9.17, 15) is 9.59 Å². The van der Waals surface area contributed by atoms with E-state index in [1.54, 1.807) is 44.2 Å². The van der Waals surface area contributed by atoms with Gasteiger partial charge >= 0.3 is 5.97 Å². The Morgan fingerprint density at radius 3 is 2.62 bits per heavy atom. The maximum absolute atomic E-state index is 12.0. The molecule has 5 heteroatoms. The zero-order chi connectivity index (χ0) is 15.4. The normalized spacial score (nSPS) is 10.5. The Bertz CT molecular complexity index is 644. The Morgan fingerprint density at radius 2 is 2.00 bits per heavy atom. The number of anilines is 1. The summed E-state index contributed by atoms with van der Waals surface area (Å²) < 4.78 is 10.2. The lowest BCUT2D eigenvalue weighted by Crippen LogP contribution is -2.14. The van der Waals surface area contributed by atoms with Crippen molar-refractivity contribution in [2.45, 2.75) is 26.9 Å². The Balaban J connectivity index is 2.19. The molecule has 2 rings (SSSR count). The molecule has 0 atom stereocenters. The molecule has 1 aromatic carbocycles. The van der Waals surface area contributed by atoms with E-state index in [0.29, 0.717) is 11.3 Å². The van der Waals surface area contributed by atoms with Gasteiger partial charge in [0, 0.05) is 5.69 Å². The van der Waals surface area contributed by atoms with Crippen LogP contribution in [0.15, 0.2) is 41.0 Å². The highest BCUT2D eigenvalue weighted by molar-refractivity contribution is 6.03. The molecule has 1 N–H and O–H groups in total. The summed E-state index contributed by atoms with van der Waals surface area (Å²) in [6, 6.07) is 8.23. The van der Waals surface area contributed by atoms with E-state index in [4.69, 9.17) is 9.15 Å². The molecule has 110 valence electrons. The Morgan fingerprint density at radius 1 is 1.24 bits per heavy atom. The molecule has 21 heavy (non-hydrogen) atoms. The first-order chi connectivity index (χ1) is 9.97. The van der Waals surface area contributed by atoms with Gasteiger partial charge in [-0.2, -0.15) is 0 Å². The third-order valence-corrected chi connectivity index (χ3v) is 2.81. The molecule has 0 aliphatic carbocycles. The number of esters is 1. The van der Waals surface area contributed by atoms with Crippen LogP contribution in [0.1, 0.15) is 40.3 Å². The fourth-order valence-electron chi connectivity index (χ4n) is 1.76. The summed E-state index contributed by atoms with van der Waals surface area (Å²) in [5, 5.41) is 2.72. The number of benzene rings is 1. The van der Waals surface area contributed by atoms with Gasteiger partial charge in [0.2, 0.25) is 0 Å². The summed E-state index contributed by atoms with van der Waals surface area (Å²) in [7, 11) is 0. The molecular weight excluding hydrogens is 270 g/mol. The van der Waals surface area contributed by atoms with Crippen molar-refractivity contribution < 1.29 is 18.7 Å². The number of amides is 1. The van der Waals surface area contributed by atoms with Crippen LogP contribution in [0.25, 0.3) is 0 Å². The van der Waals surface area contributed by atoms with E-state index in [2.05, 4.69) is 5.32 Å². The van der Waals surface area contributed by atoms with Crippen LogP contribution in [0.5, 0.6) is 0 Å². The van der Waals surface area contributed by atoms with E-state index >= 15 is 0 Å². The number of ether oxygens (including phenoxy) is 1. The topological polar surface area (TPSA) is 68.5 Å². The number of nitrogens with one attached hydrogen (secondary N) is 1. The van der Waals surface area contributed by atoms with Crippen LogP contribution < -0.4 is 5.32 Å². The molecule has 0 saturated heterocycles. The van der Waals surface area contributed by atoms with Crippen LogP contribution >= 0.6 is 0 Å². The maximum atomic E-state index is 12.0. The molecular formula is C16H17NO4. The van der Waals surface area contributed by atoms with Gasteiger partial charge in [-0.05, 0) is 50.6 Å². The molecule has 0 unspecified atom stereocenters. The highest BCUT2D eigenvalue weighted by atomic mass is 16.5.